The highest BCUT2D eigenvalue weighted by Gasteiger charge is 2.50. The lowest BCUT2D eigenvalue weighted by Gasteiger charge is -2.39. The van der Waals surface area contributed by atoms with Crippen molar-refractivity contribution >= 4 is 66.8 Å². The normalized spacial score (nSPS) is 18.4. The van der Waals surface area contributed by atoms with E-state index in [-0.39, 0.29) is 58.9 Å². The van der Waals surface area contributed by atoms with Gasteiger partial charge in [-0.15, -0.1) is 0 Å². The van der Waals surface area contributed by atoms with Gasteiger partial charge in [-0.1, -0.05) is 32.9 Å². The van der Waals surface area contributed by atoms with Crippen LogP contribution in [0.4, 0.5) is 15.4 Å². The van der Waals surface area contributed by atoms with Crippen LogP contribution >= 0.6 is 11.6 Å². The zero-order chi connectivity index (χ0) is 45.2. The molecule has 1 unspecified atom stereocenters. The standard InChI is InChI=1S/C41H58ClN5O12Si/c1-15-54-34(50)41(24(2)48,21-25-16-18-26(19-17-25)33(49)53-12)55-22-27-20-28(59-60(13,14)40(9,10)11)32(56-27)46-23-43-29-30(46)44-35(42)45-31(29)47(36(51)57-38(3,4)5)37(52)58-39(6,7)8/h16-19,23,27-28,32H,15,20-22H2,1-14H3/t27-,28+,32+,41?/m0/s1. The Morgan fingerprint density at radius 1 is 0.933 bits per heavy atom. The minimum Gasteiger partial charge on any atom is -0.465 e. The first-order valence-corrected chi connectivity index (χ1v) is 22.9. The number of nitrogens with zero attached hydrogens (tertiary/aromatic N) is 5. The number of methoxy groups -OCH3 is 1. The largest absolute Gasteiger partial charge is 0.465 e. The zero-order valence-corrected chi connectivity index (χ0v) is 38.7. The summed E-state index contributed by atoms with van der Waals surface area (Å²) in [6.07, 6.45) is -3.04. The number of rotatable bonds is 13. The van der Waals surface area contributed by atoms with Crippen LogP contribution in [0.3, 0.4) is 0 Å². The molecule has 1 fully saturated rings. The van der Waals surface area contributed by atoms with E-state index in [4.69, 9.17) is 44.4 Å². The van der Waals surface area contributed by atoms with Crippen LogP contribution in [0.2, 0.25) is 23.4 Å². The van der Waals surface area contributed by atoms with Crippen molar-refractivity contribution in [2.24, 2.45) is 0 Å². The second-order valence-corrected chi connectivity index (χ2v) is 23.1. The van der Waals surface area contributed by atoms with Crippen LogP contribution < -0.4 is 4.90 Å². The molecule has 1 aromatic carbocycles. The predicted octanol–water partition coefficient (Wildman–Crippen LogP) is 7.77. The predicted molar refractivity (Wildman–Crippen MR) is 223 cm³/mol. The van der Waals surface area contributed by atoms with Gasteiger partial charge in [0.2, 0.25) is 10.9 Å². The average molecular weight is 876 g/mol. The molecule has 1 aliphatic heterocycles. The molecule has 2 amide bonds. The van der Waals surface area contributed by atoms with Gasteiger partial charge in [0, 0.05) is 12.8 Å². The molecule has 60 heavy (non-hydrogen) atoms. The van der Waals surface area contributed by atoms with E-state index in [1.807, 2.05) is 0 Å². The second kappa shape index (κ2) is 18.2. The molecule has 4 atom stereocenters. The Hall–Kier alpha value is -4.49. The number of ether oxygens (including phenoxy) is 6. The monoisotopic (exact) mass is 875 g/mol. The van der Waals surface area contributed by atoms with Crippen LogP contribution in [0, 0.1) is 0 Å². The van der Waals surface area contributed by atoms with Gasteiger partial charge in [-0.25, -0.2) is 24.2 Å². The third-order valence-electron chi connectivity index (χ3n) is 9.93. The Kier molecular flexibility index (Phi) is 14.6. The van der Waals surface area contributed by atoms with Gasteiger partial charge in [-0.05, 0) is 103 Å². The number of fused-ring (bicyclic) bond motifs is 1. The quantitative estimate of drug-likeness (QED) is 0.0530. The fourth-order valence-electron chi connectivity index (χ4n) is 6.01. The van der Waals surface area contributed by atoms with Crippen LogP contribution in [0.1, 0.15) is 105 Å². The van der Waals surface area contributed by atoms with E-state index in [0.717, 1.165) is 0 Å². The minimum absolute atomic E-state index is 0.00150. The fourth-order valence-corrected chi connectivity index (χ4v) is 7.49. The van der Waals surface area contributed by atoms with Crippen molar-refractivity contribution in [3.63, 3.8) is 0 Å². The lowest BCUT2D eigenvalue weighted by Crippen LogP contribution is -2.52. The molecule has 0 bridgehead atoms. The molecule has 19 heteroatoms. The SMILES string of the molecule is CCOC(=O)C(Cc1ccc(C(=O)OC)cc1)(OC[C@@H]1C[C@@H](O[Si](C)(C)C(C)(C)C)[C@H](n2cnc3c(N(C(=O)OC(C)(C)C)C(=O)OC(C)(C)C)nc(Cl)nc32)O1)C(C)=O. The van der Waals surface area contributed by atoms with E-state index in [1.54, 1.807) is 65.2 Å². The van der Waals surface area contributed by atoms with E-state index >= 15 is 0 Å². The number of halogens is 1. The van der Waals surface area contributed by atoms with Crippen molar-refractivity contribution in [2.45, 2.75) is 142 Å². The molecule has 17 nitrogen and oxygen atoms in total. The Balaban J connectivity index is 1.79. The fraction of sp³-hybridized carbons (Fsp3) is 0.610. The first-order valence-electron chi connectivity index (χ1n) is 19.6. The smallest absolute Gasteiger partial charge is 0.425 e. The molecule has 3 aromatic rings. The molecule has 2 aromatic heterocycles. The van der Waals surface area contributed by atoms with Gasteiger partial charge >= 0.3 is 24.1 Å². The van der Waals surface area contributed by atoms with E-state index < -0.39 is 73.5 Å². The number of hydrogen-bond donors (Lipinski definition) is 0. The van der Waals surface area contributed by atoms with Crippen molar-refractivity contribution in [1.82, 2.24) is 19.5 Å². The molecule has 0 N–H and O–H groups in total. The van der Waals surface area contributed by atoms with Crippen molar-refractivity contribution in [2.75, 3.05) is 25.2 Å². The number of benzene rings is 1. The Morgan fingerprint density at radius 3 is 2.02 bits per heavy atom. The molecule has 3 heterocycles. The number of imide groups is 1. The highest BCUT2D eigenvalue weighted by molar-refractivity contribution is 6.74. The number of esters is 2. The zero-order valence-electron chi connectivity index (χ0n) is 37.0. The molecule has 0 spiro atoms. The molecule has 0 radical (unpaired) electrons. The summed E-state index contributed by atoms with van der Waals surface area (Å²) in [5.74, 6) is -2.30. The lowest BCUT2D eigenvalue weighted by molar-refractivity contribution is -0.181. The number of Topliss-reactive ketones (excluding diaryl/α,β-unsaturated/α-hetero) is 1. The maximum absolute atomic E-state index is 13.7. The van der Waals surface area contributed by atoms with Crippen molar-refractivity contribution in [3.05, 3.63) is 47.0 Å². The molecule has 0 saturated carbocycles. The third kappa shape index (κ3) is 11.3. The summed E-state index contributed by atoms with van der Waals surface area (Å²) < 4.78 is 42.8. The summed E-state index contributed by atoms with van der Waals surface area (Å²) in [6, 6.07) is 6.27. The number of carbonyl (C=O) groups excluding carboxylic acids is 5. The first-order chi connectivity index (χ1) is 27.6. The van der Waals surface area contributed by atoms with Gasteiger partial charge in [0.15, 0.2) is 37.3 Å². The molecule has 0 aliphatic carbocycles. The van der Waals surface area contributed by atoms with E-state index in [1.165, 1.54) is 32.5 Å². The number of carbonyl (C=O) groups is 5. The number of amides is 2. The van der Waals surface area contributed by atoms with Gasteiger partial charge in [0.1, 0.15) is 11.2 Å². The van der Waals surface area contributed by atoms with Crippen molar-refractivity contribution < 1.29 is 56.8 Å². The van der Waals surface area contributed by atoms with Crippen LogP contribution in [-0.2, 0) is 48.9 Å². The summed E-state index contributed by atoms with van der Waals surface area (Å²) in [7, 11) is -1.25. The molecular weight excluding hydrogens is 818 g/mol. The van der Waals surface area contributed by atoms with Crippen molar-refractivity contribution in [3.8, 4) is 0 Å². The van der Waals surface area contributed by atoms with Crippen LogP contribution in [0.5, 0.6) is 0 Å². The van der Waals surface area contributed by atoms with Gasteiger partial charge < -0.3 is 32.8 Å². The number of anilines is 1. The lowest BCUT2D eigenvalue weighted by atomic mass is 9.90. The van der Waals surface area contributed by atoms with E-state index in [9.17, 15) is 24.0 Å². The van der Waals surface area contributed by atoms with Crippen molar-refractivity contribution in [1.29, 1.82) is 0 Å². The molecular formula is C41H58ClN5O12Si. The highest BCUT2D eigenvalue weighted by Crippen LogP contribution is 2.43. The highest BCUT2D eigenvalue weighted by atomic mass is 35.5. The maximum Gasteiger partial charge on any atom is 0.425 e. The Morgan fingerprint density at radius 2 is 1.52 bits per heavy atom. The molecule has 1 saturated heterocycles. The van der Waals surface area contributed by atoms with Crippen LogP contribution in [0.25, 0.3) is 11.2 Å². The van der Waals surface area contributed by atoms with Crippen LogP contribution in [-0.4, -0.2) is 107 Å². The van der Waals surface area contributed by atoms with Gasteiger partial charge in [0.25, 0.3) is 0 Å². The summed E-state index contributed by atoms with van der Waals surface area (Å²) >= 11 is 6.52. The average Bonchev–Trinajstić information content (AvgIpc) is 3.71. The Bertz CT molecular complexity index is 2040. The number of hydrogen-bond acceptors (Lipinski definition) is 15. The molecule has 1 aliphatic rings. The number of aromatic nitrogens is 4. The second-order valence-electron chi connectivity index (χ2n) is 18.0. The van der Waals surface area contributed by atoms with E-state index in [0.29, 0.717) is 10.5 Å². The maximum atomic E-state index is 13.7. The number of ketones is 1. The first kappa shape index (κ1) is 48.2. The summed E-state index contributed by atoms with van der Waals surface area (Å²) in [5.41, 5.74) is -3.16. The Labute approximate surface area is 356 Å². The summed E-state index contributed by atoms with van der Waals surface area (Å²) in [6.45, 7) is 22.9. The topological polar surface area (TPSA) is 197 Å². The minimum atomic E-state index is -2.51. The molecule has 4 rings (SSSR count). The third-order valence-corrected chi connectivity index (χ3v) is 14.6. The van der Waals surface area contributed by atoms with Gasteiger partial charge in [-0.2, -0.15) is 14.9 Å². The van der Waals surface area contributed by atoms with Crippen LogP contribution in [0.15, 0.2) is 30.6 Å². The van der Waals surface area contributed by atoms with E-state index in [2.05, 4.69) is 48.8 Å². The molecule has 330 valence electrons. The summed E-state index contributed by atoms with van der Waals surface area (Å²) in [4.78, 5) is 80.3. The number of imidazole rings is 1. The summed E-state index contributed by atoms with van der Waals surface area (Å²) in [5, 5.41) is -0.545. The van der Waals surface area contributed by atoms with Gasteiger partial charge in [0.05, 0.1) is 44.4 Å². The van der Waals surface area contributed by atoms with Gasteiger partial charge in [-0.3, -0.25) is 9.36 Å².